The molecule has 0 radical (unpaired) electrons. The minimum atomic E-state index is 0.216. The molecule has 0 unspecified atom stereocenters. The van der Waals surface area contributed by atoms with Gasteiger partial charge in [0.2, 0.25) is 5.91 Å². The molecular formula is C16H24N6OS. The van der Waals surface area contributed by atoms with Gasteiger partial charge in [-0.1, -0.05) is 25.6 Å². The maximum atomic E-state index is 12.5. The molecule has 0 spiro atoms. The molecule has 0 saturated carbocycles. The third kappa shape index (κ3) is 2.94. The molecule has 24 heavy (non-hydrogen) atoms. The molecule has 1 amide bonds. The van der Waals surface area contributed by atoms with Crippen molar-refractivity contribution >= 4 is 17.7 Å². The van der Waals surface area contributed by atoms with Crippen LogP contribution in [-0.4, -0.2) is 48.2 Å². The molecule has 2 aromatic heterocycles. The Morgan fingerprint density at radius 2 is 2.04 bits per heavy atom. The number of carbonyl (C=O) groups is 1. The third-order valence-corrected chi connectivity index (χ3v) is 5.13. The third-order valence-electron chi connectivity index (χ3n) is 4.41. The summed E-state index contributed by atoms with van der Waals surface area (Å²) in [6, 6.07) is 0. The topological polar surface area (TPSA) is 68.8 Å². The molecule has 0 N–H and O–H groups in total. The van der Waals surface area contributed by atoms with Gasteiger partial charge in [-0.15, -0.1) is 10.2 Å². The van der Waals surface area contributed by atoms with Gasteiger partial charge in [0.25, 0.3) is 0 Å². The Balaban J connectivity index is 1.95. The summed E-state index contributed by atoms with van der Waals surface area (Å²) in [5.41, 5.74) is 3.13. The van der Waals surface area contributed by atoms with Crippen molar-refractivity contribution in [2.75, 3.05) is 12.8 Å². The molecule has 130 valence electrons. The van der Waals surface area contributed by atoms with Crippen molar-refractivity contribution in [2.45, 2.75) is 38.4 Å². The van der Waals surface area contributed by atoms with E-state index in [4.69, 9.17) is 0 Å². The number of carbonyl (C=O) groups excluding carboxylic acids is 1. The van der Waals surface area contributed by atoms with Gasteiger partial charge in [-0.2, -0.15) is 5.10 Å². The van der Waals surface area contributed by atoms with Crippen LogP contribution in [0.5, 0.6) is 0 Å². The van der Waals surface area contributed by atoms with Gasteiger partial charge < -0.3 is 9.47 Å². The first-order valence-corrected chi connectivity index (χ1v) is 9.41. The number of hydrogen-bond acceptors (Lipinski definition) is 5. The van der Waals surface area contributed by atoms with Crippen molar-refractivity contribution in [2.24, 2.45) is 20.0 Å². The standard InChI is InChI=1S/C16H24N6OS/c1-10(2)8-13(23)22-7-6-12-11(9-22)14(19-21(12)4)15-17-18-16(24-5)20(15)3/h10H,6-9H2,1-5H3. The quantitative estimate of drug-likeness (QED) is 0.789. The Kier molecular flexibility index (Phi) is 4.67. The first-order chi connectivity index (χ1) is 11.4. The number of aromatic nitrogens is 5. The number of fused-ring (bicyclic) bond motifs is 1. The van der Waals surface area contributed by atoms with Crippen LogP contribution in [0, 0.1) is 5.92 Å². The average Bonchev–Trinajstić information content (AvgIpc) is 3.06. The lowest BCUT2D eigenvalue weighted by Gasteiger charge is -2.28. The molecule has 1 aliphatic rings. The average molecular weight is 348 g/mol. The van der Waals surface area contributed by atoms with E-state index in [2.05, 4.69) is 29.1 Å². The van der Waals surface area contributed by atoms with Gasteiger partial charge in [-0.25, -0.2) is 0 Å². The highest BCUT2D eigenvalue weighted by atomic mass is 32.2. The summed E-state index contributed by atoms with van der Waals surface area (Å²) < 4.78 is 3.88. The number of aryl methyl sites for hydroxylation is 1. The van der Waals surface area contributed by atoms with E-state index in [0.29, 0.717) is 18.9 Å². The van der Waals surface area contributed by atoms with Gasteiger partial charge in [-0.05, 0) is 12.2 Å². The second-order valence-electron chi connectivity index (χ2n) is 6.63. The lowest BCUT2D eigenvalue weighted by Crippen LogP contribution is -2.36. The minimum Gasteiger partial charge on any atom is -0.338 e. The molecule has 0 saturated heterocycles. The van der Waals surface area contributed by atoms with Crippen molar-refractivity contribution in [1.82, 2.24) is 29.4 Å². The van der Waals surface area contributed by atoms with Crippen molar-refractivity contribution in [1.29, 1.82) is 0 Å². The normalized spacial score (nSPS) is 14.3. The first-order valence-electron chi connectivity index (χ1n) is 8.18. The lowest BCUT2D eigenvalue weighted by atomic mass is 10.0. The van der Waals surface area contributed by atoms with E-state index in [9.17, 15) is 4.79 Å². The first kappa shape index (κ1) is 17.0. The van der Waals surface area contributed by atoms with Gasteiger partial charge in [0.05, 0.1) is 0 Å². The maximum absolute atomic E-state index is 12.5. The fourth-order valence-electron chi connectivity index (χ4n) is 3.16. The highest BCUT2D eigenvalue weighted by Gasteiger charge is 2.29. The predicted octanol–water partition coefficient (Wildman–Crippen LogP) is 1.87. The number of thioether (sulfide) groups is 1. The van der Waals surface area contributed by atoms with E-state index < -0.39 is 0 Å². The largest absolute Gasteiger partial charge is 0.338 e. The van der Waals surface area contributed by atoms with Crippen LogP contribution in [0.15, 0.2) is 5.16 Å². The fourth-order valence-corrected chi connectivity index (χ4v) is 3.64. The Morgan fingerprint density at radius 3 is 2.67 bits per heavy atom. The van der Waals surface area contributed by atoms with Gasteiger partial charge in [0.15, 0.2) is 11.0 Å². The zero-order valence-electron chi connectivity index (χ0n) is 14.9. The highest BCUT2D eigenvalue weighted by Crippen LogP contribution is 2.30. The van der Waals surface area contributed by atoms with Crippen LogP contribution in [0.3, 0.4) is 0 Å². The molecule has 1 aliphatic heterocycles. The van der Waals surface area contributed by atoms with Crippen LogP contribution in [-0.2, 0) is 31.9 Å². The van der Waals surface area contributed by atoms with E-state index in [-0.39, 0.29) is 5.91 Å². The van der Waals surface area contributed by atoms with Gasteiger partial charge in [0.1, 0.15) is 5.69 Å². The Bertz CT molecular complexity index is 763. The number of rotatable bonds is 4. The van der Waals surface area contributed by atoms with Crippen LogP contribution < -0.4 is 0 Å². The summed E-state index contributed by atoms with van der Waals surface area (Å²) >= 11 is 1.56. The van der Waals surface area contributed by atoms with E-state index in [1.807, 2.05) is 34.5 Å². The number of hydrogen-bond donors (Lipinski definition) is 0. The van der Waals surface area contributed by atoms with Crippen molar-refractivity contribution in [3.63, 3.8) is 0 Å². The Labute approximate surface area is 146 Å². The van der Waals surface area contributed by atoms with Crippen LogP contribution in [0.25, 0.3) is 11.5 Å². The fraction of sp³-hybridized carbons (Fsp3) is 0.625. The molecule has 3 rings (SSSR count). The number of nitrogens with zero attached hydrogens (tertiary/aromatic N) is 6. The van der Waals surface area contributed by atoms with Gasteiger partial charge >= 0.3 is 0 Å². The van der Waals surface area contributed by atoms with Crippen molar-refractivity contribution in [3.8, 4) is 11.5 Å². The van der Waals surface area contributed by atoms with Crippen LogP contribution in [0.4, 0.5) is 0 Å². The SMILES string of the molecule is CSc1nnc(-c2nn(C)c3c2CN(C(=O)CC(C)C)CC3)n1C. The van der Waals surface area contributed by atoms with E-state index in [1.54, 1.807) is 11.8 Å². The van der Waals surface area contributed by atoms with Crippen molar-refractivity contribution < 1.29 is 4.79 Å². The summed E-state index contributed by atoms with van der Waals surface area (Å²) in [6.45, 7) is 5.51. The van der Waals surface area contributed by atoms with E-state index in [0.717, 1.165) is 35.2 Å². The van der Waals surface area contributed by atoms with E-state index in [1.165, 1.54) is 5.69 Å². The van der Waals surface area contributed by atoms with Crippen LogP contribution >= 0.6 is 11.8 Å². The highest BCUT2D eigenvalue weighted by molar-refractivity contribution is 7.98. The molecular weight excluding hydrogens is 324 g/mol. The molecule has 0 atom stereocenters. The summed E-state index contributed by atoms with van der Waals surface area (Å²) in [5.74, 6) is 1.35. The van der Waals surface area contributed by atoms with E-state index >= 15 is 0 Å². The summed E-state index contributed by atoms with van der Waals surface area (Å²) in [7, 11) is 3.91. The molecule has 8 heteroatoms. The van der Waals surface area contributed by atoms with Crippen LogP contribution in [0.1, 0.15) is 31.5 Å². The summed E-state index contributed by atoms with van der Waals surface area (Å²) in [4.78, 5) is 14.4. The number of amides is 1. The van der Waals surface area contributed by atoms with Crippen molar-refractivity contribution in [3.05, 3.63) is 11.3 Å². The van der Waals surface area contributed by atoms with Gasteiger partial charge in [-0.3, -0.25) is 9.48 Å². The Morgan fingerprint density at radius 1 is 1.29 bits per heavy atom. The zero-order valence-corrected chi connectivity index (χ0v) is 15.7. The molecule has 0 aromatic carbocycles. The Hall–Kier alpha value is -1.83. The monoisotopic (exact) mass is 348 g/mol. The van der Waals surface area contributed by atoms with Crippen LogP contribution in [0.2, 0.25) is 0 Å². The smallest absolute Gasteiger partial charge is 0.223 e. The maximum Gasteiger partial charge on any atom is 0.223 e. The molecule has 7 nitrogen and oxygen atoms in total. The molecule has 2 aromatic rings. The second kappa shape index (κ2) is 6.58. The summed E-state index contributed by atoms with van der Waals surface area (Å²) in [6.07, 6.45) is 3.40. The van der Waals surface area contributed by atoms with Gasteiger partial charge in [0, 0.05) is 51.3 Å². The molecule has 0 bridgehead atoms. The molecule has 3 heterocycles. The minimum absolute atomic E-state index is 0.216. The second-order valence-corrected chi connectivity index (χ2v) is 7.40. The molecule has 0 fully saturated rings. The predicted molar refractivity (Wildman–Crippen MR) is 93.6 cm³/mol. The lowest BCUT2D eigenvalue weighted by molar-refractivity contribution is -0.132. The summed E-state index contributed by atoms with van der Waals surface area (Å²) in [5, 5.41) is 14.0. The molecule has 0 aliphatic carbocycles. The zero-order chi connectivity index (χ0) is 17.4.